The van der Waals surface area contributed by atoms with Gasteiger partial charge in [0.05, 0.1) is 19.6 Å². The number of methoxy groups -OCH3 is 1. The summed E-state index contributed by atoms with van der Waals surface area (Å²) in [5.41, 5.74) is 3.64. The normalized spacial score (nSPS) is 12.5. The van der Waals surface area contributed by atoms with E-state index in [1.165, 1.54) is 0 Å². The fourth-order valence-corrected chi connectivity index (χ4v) is 2.09. The highest BCUT2D eigenvalue weighted by Gasteiger charge is 2.14. The van der Waals surface area contributed by atoms with Crippen molar-refractivity contribution in [2.45, 2.75) is 20.0 Å². The van der Waals surface area contributed by atoms with Crippen molar-refractivity contribution < 1.29 is 14.3 Å². The van der Waals surface area contributed by atoms with Gasteiger partial charge in [0.1, 0.15) is 11.9 Å². The minimum Gasteiger partial charge on any atom is -0.496 e. The maximum atomic E-state index is 10.2. The topological polar surface area (TPSA) is 42.6 Å². The molecule has 0 spiro atoms. The Morgan fingerprint density at radius 3 is 2.29 bits per heavy atom. The first-order valence-corrected chi connectivity index (χ1v) is 5.48. The molecule has 0 aliphatic heterocycles. The highest BCUT2D eigenvalue weighted by Crippen LogP contribution is 2.30. The molecule has 1 N–H and O–H groups in total. The largest absolute Gasteiger partial charge is 0.496 e. The number of aryl methyl sites for hydroxylation is 2. The molecule has 1 atom stereocenters. The van der Waals surface area contributed by atoms with Gasteiger partial charge < -0.3 is 14.3 Å². The molecule has 0 unspecified atom stereocenters. The van der Waals surface area contributed by atoms with E-state index in [1.54, 1.807) is 25.7 Å². The average Bonchev–Trinajstić information content (AvgIpc) is 2.81. The van der Waals surface area contributed by atoms with E-state index in [9.17, 15) is 5.11 Å². The van der Waals surface area contributed by atoms with Gasteiger partial charge in [0.25, 0.3) is 0 Å². The maximum absolute atomic E-state index is 10.2. The van der Waals surface area contributed by atoms with Gasteiger partial charge in [-0.05, 0) is 48.7 Å². The van der Waals surface area contributed by atoms with E-state index in [4.69, 9.17) is 9.15 Å². The van der Waals surface area contributed by atoms with Gasteiger partial charge in [-0.2, -0.15) is 0 Å². The number of aliphatic hydroxyl groups excluding tert-OH is 1. The van der Waals surface area contributed by atoms with Crippen molar-refractivity contribution in [1.82, 2.24) is 0 Å². The molecule has 2 rings (SSSR count). The van der Waals surface area contributed by atoms with Crippen molar-refractivity contribution in [1.29, 1.82) is 0 Å². The molecule has 0 bridgehead atoms. The molecule has 1 heterocycles. The molecule has 17 heavy (non-hydrogen) atoms. The van der Waals surface area contributed by atoms with Crippen LogP contribution in [-0.4, -0.2) is 12.2 Å². The molecular weight excluding hydrogens is 216 g/mol. The van der Waals surface area contributed by atoms with E-state index < -0.39 is 6.10 Å². The SMILES string of the molecule is COc1c(C)cc([C@@H](O)c2ccoc2)cc1C. The Balaban J connectivity index is 2.40. The Morgan fingerprint density at radius 1 is 1.18 bits per heavy atom. The lowest BCUT2D eigenvalue weighted by molar-refractivity contribution is 0.219. The molecule has 0 saturated carbocycles. The molecule has 0 amide bonds. The molecule has 1 aromatic carbocycles. The van der Waals surface area contributed by atoms with Crippen LogP contribution in [0.1, 0.15) is 28.4 Å². The zero-order valence-electron chi connectivity index (χ0n) is 10.2. The monoisotopic (exact) mass is 232 g/mol. The fourth-order valence-electron chi connectivity index (χ4n) is 2.09. The van der Waals surface area contributed by atoms with Crippen molar-refractivity contribution in [3.8, 4) is 5.75 Å². The molecular formula is C14H16O3. The maximum Gasteiger partial charge on any atom is 0.124 e. The van der Waals surface area contributed by atoms with Crippen LogP contribution in [-0.2, 0) is 0 Å². The molecule has 3 heteroatoms. The summed E-state index contributed by atoms with van der Waals surface area (Å²) in [6, 6.07) is 5.63. The van der Waals surface area contributed by atoms with Crippen LogP contribution < -0.4 is 4.74 Å². The Kier molecular flexibility index (Phi) is 3.20. The Morgan fingerprint density at radius 2 is 1.82 bits per heavy atom. The molecule has 0 aliphatic rings. The van der Waals surface area contributed by atoms with Crippen LogP contribution >= 0.6 is 0 Å². The summed E-state index contributed by atoms with van der Waals surface area (Å²) in [6.45, 7) is 3.94. The predicted octanol–water partition coefficient (Wildman–Crippen LogP) is 2.99. The first-order chi connectivity index (χ1) is 8.13. The predicted molar refractivity (Wildman–Crippen MR) is 65.2 cm³/mol. The van der Waals surface area contributed by atoms with Gasteiger partial charge >= 0.3 is 0 Å². The van der Waals surface area contributed by atoms with Crippen molar-refractivity contribution in [3.05, 3.63) is 53.0 Å². The van der Waals surface area contributed by atoms with Crippen LogP contribution in [0.3, 0.4) is 0 Å². The van der Waals surface area contributed by atoms with Crippen molar-refractivity contribution in [2.24, 2.45) is 0 Å². The number of furan rings is 1. The van der Waals surface area contributed by atoms with Gasteiger partial charge in [0, 0.05) is 5.56 Å². The summed E-state index contributed by atoms with van der Waals surface area (Å²) in [6.07, 6.45) is 2.46. The van der Waals surface area contributed by atoms with Crippen LogP contribution in [0.15, 0.2) is 35.1 Å². The molecule has 0 radical (unpaired) electrons. The zero-order valence-corrected chi connectivity index (χ0v) is 10.2. The summed E-state index contributed by atoms with van der Waals surface area (Å²) in [4.78, 5) is 0. The lowest BCUT2D eigenvalue weighted by Gasteiger charge is -2.14. The second-order valence-corrected chi connectivity index (χ2v) is 4.15. The number of aliphatic hydroxyl groups is 1. The lowest BCUT2D eigenvalue weighted by atomic mass is 9.99. The molecule has 1 aromatic heterocycles. The Labute approximate surface area is 101 Å². The van der Waals surface area contributed by atoms with E-state index in [-0.39, 0.29) is 0 Å². The number of ether oxygens (including phenoxy) is 1. The Hall–Kier alpha value is -1.74. The molecule has 90 valence electrons. The second-order valence-electron chi connectivity index (χ2n) is 4.15. The number of hydrogen-bond donors (Lipinski definition) is 1. The lowest BCUT2D eigenvalue weighted by Crippen LogP contribution is -2.01. The van der Waals surface area contributed by atoms with Crippen molar-refractivity contribution >= 4 is 0 Å². The van der Waals surface area contributed by atoms with Crippen molar-refractivity contribution in [2.75, 3.05) is 7.11 Å². The first kappa shape index (κ1) is 11.7. The summed E-state index contributed by atoms with van der Waals surface area (Å²) < 4.78 is 10.3. The Bertz CT molecular complexity index is 477. The molecule has 3 nitrogen and oxygen atoms in total. The first-order valence-electron chi connectivity index (χ1n) is 5.48. The number of hydrogen-bond acceptors (Lipinski definition) is 3. The third-order valence-corrected chi connectivity index (χ3v) is 2.86. The fraction of sp³-hybridized carbons (Fsp3) is 0.286. The average molecular weight is 232 g/mol. The quantitative estimate of drug-likeness (QED) is 0.884. The molecule has 0 fully saturated rings. The van der Waals surface area contributed by atoms with Gasteiger partial charge in [-0.1, -0.05) is 0 Å². The second kappa shape index (κ2) is 4.63. The zero-order chi connectivity index (χ0) is 12.4. The van der Waals surface area contributed by atoms with Crippen LogP contribution in [0.4, 0.5) is 0 Å². The third kappa shape index (κ3) is 2.19. The van der Waals surface area contributed by atoms with Crippen LogP contribution in [0, 0.1) is 13.8 Å². The minimum absolute atomic E-state index is 0.656. The van der Waals surface area contributed by atoms with Gasteiger partial charge in [-0.15, -0.1) is 0 Å². The highest BCUT2D eigenvalue weighted by molar-refractivity contribution is 5.45. The van der Waals surface area contributed by atoms with Gasteiger partial charge in [0.15, 0.2) is 0 Å². The van der Waals surface area contributed by atoms with Crippen LogP contribution in [0.2, 0.25) is 0 Å². The smallest absolute Gasteiger partial charge is 0.124 e. The van der Waals surface area contributed by atoms with E-state index in [0.717, 1.165) is 28.0 Å². The summed E-state index contributed by atoms with van der Waals surface area (Å²) in [5, 5.41) is 10.2. The van der Waals surface area contributed by atoms with Gasteiger partial charge in [-0.25, -0.2) is 0 Å². The minimum atomic E-state index is -0.656. The van der Waals surface area contributed by atoms with Crippen LogP contribution in [0.5, 0.6) is 5.75 Å². The van der Waals surface area contributed by atoms with Crippen molar-refractivity contribution in [3.63, 3.8) is 0 Å². The highest BCUT2D eigenvalue weighted by atomic mass is 16.5. The van der Waals surface area contributed by atoms with E-state index in [1.807, 2.05) is 26.0 Å². The summed E-state index contributed by atoms with van der Waals surface area (Å²) in [5.74, 6) is 0.869. The van der Waals surface area contributed by atoms with Crippen LogP contribution in [0.25, 0.3) is 0 Å². The number of benzene rings is 1. The standard InChI is InChI=1S/C14H16O3/c1-9-6-12(7-10(2)14(9)16-3)13(15)11-4-5-17-8-11/h4-8,13,15H,1-3H3/t13-/m0/s1. The van der Waals surface area contributed by atoms with Gasteiger partial charge in [-0.3, -0.25) is 0 Å². The summed E-state index contributed by atoms with van der Waals surface area (Å²) >= 11 is 0. The summed E-state index contributed by atoms with van der Waals surface area (Å²) in [7, 11) is 1.65. The van der Waals surface area contributed by atoms with E-state index >= 15 is 0 Å². The molecule has 0 saturated heterocycles. The van der Waals surface area contributed by atoms with E-state index in [0.29, 0.717) is 0 Å². The number of rotatable bonds is 3. The molecule has 2 aromatic rings. The van der Waals surface area contributed by atoms with Gasteiger partial charge in [0.2, 0.25) is 0 Å². The third-order valence-electron chi connectivity index (χ3n) is 2.86. The van der Waals surface area contributed by atoms with E-state index in [2.05, 4.69) is 0 Å². The molecule has 0 aliphatic carbocycles.